The average Bonchev–Trinajstić information content (AvgIpc) is 2.62. The van der Waals surface area contributed by atoms with Crippen LogP contribution in [0.25, 0.3) is 16.6 Å². The van der Waals surface area contributed by atoms with Gasteiger partial charge in [-0.25, -0.2) is 4.98 Å². The molecule has 0 saturated carbocycles. The molecule has 2 N–H and O–H groups in total. The van der Waals surface area contributed by atoms with Gasteiger partial charge >= 0.3 is 0 Å². The number of hydrogen-bond acceptors (Lipinski definition) is 2. The van der Waals surface area contributed by atoms with Crippen molar-refractivity contribution in [1.82, 2.24) is 9.55 Å². The third-order valence-electron chi connectivity index (χ3n) is 4.40. The van der Waals surface area contributed by atoms with Gasteiger partial charge < -0.3 is 5.32 Å². The Morgan fingerprint density at radius 2 is 1.79 bits per heavy atom. The van der Waals surface area contributed by atoms with Gasteiger partial charge in [0.15, 0.2) is 5.82 Å². The molecule has 124 valence electrons. The molecule has 1 heterocycles. The molecule has 4 heteroatoms. The second-order valence-electron chi connectivity index (χ2n) is 6.08. The lowest BCUT2D eigenvalue weighted by molar-refractivity contribution is -0.691. The van der Waals surface area contributed by atoms with Crippen LogP contribution in [0, 0.1) is 0 Å². The maximum absolute atomic E-state index is 13.1. The van der Waals surface area contributed by atoms with Crippen molar-refractivity contribution in [3.05, 3.63) is 70.3 Å². The normalized spacial score (nSPS) is 12.5. The number of nitrogens with zero attached hydrogens (tertiary/aromatic N) is 2. The largest absolute Gasteiger partial charge is 0.338 e. The molecular formula is C20H24N3O+. The molecule has 0 amide bonds. The summed E-state index contributed by atoms with van der Waals surface area (Å²) in [7, 11) is 0. The predicted molar refractivity (Wildman–Crippen MR) is 97.6 cm³/mol. The smallest absolute Gasteiger partial charge is 0.266 e. The van der Waals surface area contributed by atoms with Crippen LogP contribution in [0.2, 0.25) is 0 Å². The van der Waals surface area contributed by atoms with Gasteiger partial charge in [0.25, 0.3) is 5.56 Å². The van der Waals surface area contributed by atoms with Gasteiger partial charge in [0, 0.05) is 0 Å². The Balaban J connectivity index is 2.27. The van der Waals surface area contributed by atoms with E-state index >= 15 is 0 Å². The van der Waals surface area contributed by atoms with Gasteiger partial charge in [-0.3, -0.25) is 9.36 Å². The first-order valence-corrected chi connectivity index (χ1v) is 8.60. The van der Waals surface area contributed by atoms with Crippen molar-refractivity contribution in [2.24, 2.45) is 0 Å². The highest BCUT2D eigenvalue weighted by atomic mass is 16.1. The highest BCUT2D eigenvalue weighted by Gasteiger charge is 2.19. The molecule has 4 nitrogen and oxygen atoms in total. The summed E-state index contributed by atoms with van der Waals surface area (Å²) in [4.78, 5) is 17.9. The van der Waals surface area contributed by atoms with Gasteiger partial charge in [-0.05, 0) is 50.1 Å². The van der Waals surface area contributed by atoms with E-state index in [1.807, 2.05) is 36.4 Å². The molecule has 0 fully saturated rings. The maximum atomic E-state index is 13.1. The minimum Gasteiger partial charge on any atom is -0.338 e. The number of quaternary nitrogens is 1. The Morgan fingerprint density at radius 3 is 2.46 bits per heavy atom. The third kappa shape index (κ3) is 2.97. The second kappa shape index (κ2) is 6.97. The number of aromatic nitrogens is 2. The molecule has 3 rings (SSSR count). The zero-order valence-electron chi connectivity index (χ0n) is 14.5. The Kier molecular flexibility index (Phi) is 4.76. The molecular weight excluding hydrogens is 298 g/mol. The van der Waals surface area contributed by atoms with Crippen molar-refractivity contribution in [3.63, 3.8) is 0 Å². The van der Waals surface area contributed by atoms with Crippen molar-refractivity contribution < 1.29 is 5.32 Å². The predicted octanol–water partition coefficient (Wildman–Crippen LogP) is 2.59. The van der Waals surface area contributed by atoms with E-state index in [4.69, 9.17) is 4.98 Å². The summed E-state index contributed by atoms with van der Waals surface area (Å²) in [5.41, 5.74) is 2.89. The van der Waals surface area contributed by atoms with E-state index in [1.165, 1.54) is 5.56 Å². The van der Waals surface area contributed by atoms with Crippen molar-refractivity contribution in [3.8, 4) is 5.69 Å². The molecule has 0 spiro atoms. The summed E-state index contributed by atoms with van der Waals surface area (Å²) in [5.74, 6) is 0.796. The molecule has 0 aliphatic heterocycles. The first kappa shape index (κ1) is 16.4. The number of aryl methyl sites for hydroxylation is 1. The summed E-state index contributed by atoms with van der Waals surface area (Å²) < 4.78 is 1.76. The standard InChI is InChI=1S/C20H23N3O/c1-4-15-10-12-16(13-11-15)23-19(14(3)21-5-2)22-18-9-7-6-8-17(18)20(23)24/h6-14,21H,4-5H2,1-3H3/p+1/t14-/m1/s1. The fraction of sp³-hybridized carbons (Fsp3) is 0.300. The van der Waals surface area contributed by atoms with Gasteiger partial charge in [0.05, 0.1) is 23.1 Å². The molecule has 2 aromatic carbocycles. The molecule has 1 aromatic heterocycles. The Morgan fingerprint density at radius 1 is 1.08 bits per heavy atom. The summed E-state index contributed by atoms with van der Waals surface area (Å²) in [6, 6.07) is 15.9. The lowest BCUT2D eigenvalue weighted by Gasteiger charge is -2.17. The van der Waals surface area contributed by atoms with Crippen LogP contribution in [0.1, 0.15) is 38.2 Å². The van der Waals surface area contributed by atoms with Crippen LogP contribution in [-0.4, -0.2) is 16.1 Å². The minimum absolute atomic E-state index is 0.00352. The monoisotopic (exact) mass is 322 g/mol. The zero-order valence-corrected chi connectivity index (χ0v) is 14.5. The third-order valence-corrected chi connectivity index (χ3v) is 4.40. The van der Waals surface area contributed by atoms with Crippen LogP contribution in [0.3, 0.4) is 0 Å². The number of nitrogens with two attached hydrogens (primary N) is 1. The molecule has 0 unspecified atom stereocenters. The van der Waals surface area contributed by atoms with Crippen LogP contribution in [0.15, 0.2) is 53.3 Å². The molecule has 0 aliphatic rings. The van der Waals surface area contributed by atoms with Gasteiger partial charge in [-0.1, -0.05) is 31.2 Å². The first-order chi connectivity index (χ1) is 11.7. The van der Waals surface area contributed by atoms with Gasteiger partial charge in [0.2, 0.25) is 0 Å². The summed E-state index contributed by atoms with van der Waals surface area (Å²) >= 11 is 0. The van der Waals surface area contributed by atoms with Gasteiger partial charge in [0.1, 0.15) is 6.04 Å². The lowest BCUT2D eigenvalue weighted by Crippen LogP contribution is -2.84. The minimum atomic E-state index is -0.00352. The average molecular weight is 322 g/mol. The zero-order chi connectivity index (χ0) is 17.1. The van der Waals surface area contributed by atoms with Crippen molar-refractivity contribution in [1.29, 1.82) is 0 Å². The molecule has 0 radical (unpaired) electrons. The summed E-state index contributed by atoms with van der Waals surface area (Å²) in [6.07, 6.45) is 0.984. The topological polar surface area (TPSA) is 51.5 Å². The van der Waals surface area contributed by atoms with E-state index < -0.39 is 0 Å². The Hall–Kier alpha value is -2.46. The van der Waals surface area contributed by atoms with Gasteiger partial charge in [-0.15, -0.1) is 0 Å². The highest BCUT2D eigenvalue weighted by molar-refractivity contribution is 5.77. The van der Waals surface area contributed by atoms with E-state index in [0.717, 1.165) is 30.0 Å². The Labute approximate surface area is 142 Å². The van der Waals surface area contributed by atoms with Crippen molar-refractivity contribution >= 4 is 10.9 Å². The molecule has 0 bridgehead atoms. The van der Waals surface area contributed by atoms with Crippen LogP contribution in [0.5, 0.6) is 0 Å². The molecule has 0 saturated heterocycles. The number of hydrogen-bond donors (Lipinski definition) is 1. The Bertz CT molecular complexity index is 897. The molecule has 1 atom stereocenters. The maximum Gasteiger partial charge on any atom is 0.266 e. The SMILES string of the molecule is CC[NH2+][C@H](C)c1nc2ccccc2c(=O)n1-c1ccc(CC)cc1. The van der Waals surface area contributed by atoms with E-state index in [-0.39, 0.29) is 11.6 Å². The number of fused-ring (bicyclic) bond motifs is 1. The quantitative estimate of drug-likeness (QED) is 0.785. The number of para-hydroxylation sites is 1. The first-order valence-electron chi connectivity index (χ1n) is 8.60. The molecule has 3 aromatic rings. The summed E-state index contributed by atoms with van der Waals surface area (Å²) in [5, 5.41) is 2.84. The molecule has 24 heavy (non-hydrogen) atoms. The van der Waals surface area contributed by atoms with Crippen LogP contribution in [0.4, 0.5) is 0 Å². The van der Waals surface area contributed by atoms with E-state index in [0.29, 0.717) is 5.39 Å². The summed E-state index contributed by atoms with van der Waals surface area (Å²) in [6.45, 7) is 7.27. The van der Waals surface area contributed by atoms with Crippen LogP contribution in [-0.2, 0) is 6.42 Å². The van der Waals surface area contributed by atoms with Crippen molar-refractivity contribution in [2.45, 2.75) is 33.2 Å². The fourth-order valence-corrected chi connectivity index (χ4v) is 3.04. The van der Waals surface area contributed by atoms with Crippen molar-refractivity contribution in [2.75, 3.05) is 6.54 Å². The number of rotatable bonds is 5. The van der Waals surface area contributed by atoms with E-state index in [9.17, 15) is 4.79 Å². The van der Waals surface area contributed by atoms with E-state index in [1.54, 1.807) is 4.57 Å². The van der Waals surface area contributed by atoms with Crippen LogP contribution >= 0.6 is 0 Å². The second-order valence-corrected chi connectivity index (χ2v) is 6.08. The fourth-order valence-electron chi connectivity index (χ4n) is 3.04. The van der Waals surface area contributed by atoms with Crippen LogP contribution < -0.4 is 10.9 Å². The van der Waals surface area contributed by atoms with Gasteiger partial charge in [-0.2, -0.15) is 0 Å². The number of benzene rings is 2. The lowest BCUT2D eigenvalue weighted by atomic mass is 10.1. The highest BCUT2D eigenvalue weighted by Crippen LogP contribution is 2.17. The van der Waals surface area contributed by atoms with E-state index in [2.05, 4.69) is 38.2 Å². The molecule has 0 aliphatic carbocycles.